The molecule has 1 atom stereocenters. The van der Waals surface area contributed by atoms with Crippen LogP contribution in [0, 0.1) is 5.92 Å². The number of allylic oxidation sites excluding steroid dienone is 2. The van der Waals surface area contributed by atoms with E-state index in [0.29, 0.717) is 10.5 Å². The molecule has 0 saturated heterocycles. The Hall–Kier alpha value is -0.0471. The number of hydrogen-bond donors (Lipinski definition) is 0. The Morgan fingerprint density at radius 1 is 1.50 bits per heavy atom. The zero-order valence-electron chi connectivity index (χ0n) is 8.26. The molecule has 0 aromatic rings. The predicted molar refractivity (Wildman–Crippen MR) is 54.8 cm³/mol. The molecule has 0 heterocycles. The summed E-state index contributed by atoms with van der Waals surface area (Å²) in [5.41, 5.74) is 0. The summed E-state index contributed by atoms with van der Waals surface area (Å²) in [6.45, 7) is 0. The molecule has 1 aliphatic carbocycles. The van der Waals surface area contributed by atoms with Gasteiger partial charge in [-0.2, -0.15) is 0 Å². The molecule has 0 fully saturated rings. The van der Waals surface area contributed by atoms with Crippen LogP contribution < -0.4 is 0 Å². The van der Waals surface area contributed by atoms with E-state index in [4.69, 9.17) is 0 Å². The van der Waals surface area contributed by atoms with Gasteiger partial charge >= 0.3 is 77.3 Å². The van der Waals surface area contributed by atoms with E-state index in [0.717, 1.165) is 6.42 Å². The Morgan fingerprint density at radius 2 is 2.17 bits per heavy atom. The van der Waals surface area contributed by atoms with Crippen molar-refractivity contribution in [1.29, 1.82) is 0 Å². The third-order valence-electron chi connectivity index (χ3n) is 2.40. The fourth-order valence-corrected chi connectivity index (χ4v) is 3.24. The van der Waals surface area contributed by atoms with E-state index in [2.05, 4.69) is 29.4 Å². The van der Waals surface area contributed by atoms with Crippen LogP contribution >= 0.6 is 0 Å². The average Bonchev–Trinajstić information content (AvgIpc) is 2.37. The van der Waals surface area contributed by atoms with E-state index in [1.54, 1.807) is 0 Å². The Kier molecular flexibility index (Phi) is 3.16. The number of carbonyl (C=O) groups excluding carboxylic acids is 1. The zero-order chi connectivity index (χ0) is 9.19. The standard InChI is InChI=1S/C10H18GeO/c1-11(2,3)10(12)8-9-6-4-5-7-9/h4,6,9H,5,7-8H2,1-3H3. The van der Waals surface area contributed by atoms with Crippen molar-refractivity contribution in [2.75, 3.05) is 0 Å². The molecule has 2 heteroatoms. The van der Waals surface area contributed by atoms with Crippen LogP contribution in [0.1, 0.15) is 19.3 Å². The summed E-state index contributed by atoms with van der Waals surface area (Å²) in [6.07, 6.45) is 7.61. The summed E-state index contributed by atoms with van der Waals surface area (Å²) in [4.78, 5) is 11.7. The van der Waals surface area contributed by atoms with Gasteiger partial charge in [0.25, 0.3) is 0 Å². The second-order valence-corrected chi connectivity index (χ2v) is 15.3. The van der Waals surface area contributed by atoms with Gasteiger partial charge in [0, 0.05) is 0 Å². The summed E-state index contributed by atoms with van der Waals surface area (Å²) in [6, 6.07) is 0. The first kappa shape index (κ1) is 10.0. The fraction of sp³-hybridized carbons (Fsp3) is 0.700. The van der Waals surface area contributed by atoms with Crippen molar-refractivity contribution >= 4 is 17.9 Å². The minimum absolute atomic E-state index is 0.572. The van der Waals surface area contributed by atoms with Gasteiger partial charge in [0.15, 0.2) is 0 Å². The van der Waals surface area contributed by atoms with Gasteiger partial charge in [-0.3, -0.25) is 0 Å². The number of carbonyl (C=O) groups is 1. The van der Waals surface area contributed by atoms with Gasteiger partial charge in [0.05, 0.1) is 0 Å². The maximum atomic E-state index is 11.7. The van der Waals surface area contributed by atoms with E-state index < -0.39 is 13.3 Å². The number of hydrogen-bond acceptors (Lipinski definition) is 1. The van der Waals surface area contributed by atoms with Gasteiger partial charge in [0.2, 0.25) is 0 Å². The van der Waals surface area contributed by atoms with Crippen LogP contribution in [0.2, 0.25) is 17.3 Å². The molecular weight excluding hydrogens is 209 g/mol. The van der Waals surface area contributed by atoms with Crippen molar-refractivity contribution in [3.05, 3.63) is 12.2 Å². The summed E-state index contributed by atoms with van der Waals surface area (Å²) < 4.78 is 0.576. The van der Waals surface area contributed by atoms with Crippen molar-refractivity contribution < 1.29 is 4.79 Å². The van der Waals surface area contributed by atoms with Crippen LogP contribution in [0.5, 0.6) is 0 Å². The molecule has 68 valence electrons. The van der Waals surface area contributed by atoms with Gasteiger partial charge < -0.3 is 0 Å². The molecule has 0 aliphatic heterocycles. The maximum absolute atomic E-state index is 11.7. The molecule has 0 saturated carbocycles. The second kappa shape index (κ2) is 3.78. The third kappa shape index (κ3) is 2.78. The molecule has 0 spiro atoms. The molecule has 1 aliphatic rings. The van der Waals surface area contributed by atoms with Crippen LogP contribution in [0.15, 0.2) is 12.2 Å². The fourth-order valence-electron chi connectivity index (χ4n) is 1.41. The average molecular weight is 227 g/mol. The minimum atomic E-state index is -1.97. The summed E-state index contributed by atoms with van der Waals surface area (Å²) in [7, 11) is 0. The van der Waals surface area contributed by atoms with E-state index in [-0.39, 0.29) is 0 Å². The number of rotatable bonds is 3. The summed E-state index contributed by atoms with van der Waals surface area (Å²) >= 11 is -1.97. The zero-order valence-corrected chi connectivity index (χ0v) is 10.4. The van der Waals surface area contributed by atoms with Crippen molar-refractivity contribution in [2.24, 2.45) is 5.92 Å². The van der Waals surface area contributed by atoms with Gasteiger partial charge in [-0.05, 0) is 0 Å². The van der Waals surface area contributed by atoms with Gasteiger partial charge in [-0.15, -0.1) is 0 Å². The van der Waals surface area contributed by atoms with E-state index in [1.807, 2.05) is 0 Å². The molecular formula is C10H18GeO. The molecule has 1 unspecified atom stereocenters. The van der Waals surface area contributed by atoms with Gasteiger partial charge in [-0.25, -0.2) is 0 Å². The van der Waals surface area contributed by atoms with Crippen LogP contribution in [0.3, 0.4) is 0 Å². The first-order valence-electron chi connectivity index (χ1n) is 4.70. The van der Waals surface area contributed by atoms with Crippen LogP contribution in [0.4, 0.5) is 0 Å². The van der Waals surface area contributed by atoms with E-state index in [1.165, 1.54) is 12.8 Å². The molecule has 1 nitrogen and oxygen atoms in total. The molecule has 0 radical (unpaired) electrons. The first-order valence-corrected chi connectivity index (χ1v) is 12.0. The Balaban J connectivity index is 2.41. The monoisotopic (exact) mass is 228 g/mol. The SMILES string of the molecule is [CH3][Ge]([CH3])([CH3])[C](=O)CC1C=CCC1. The predicted octanol–water partition coefficient (Wildman–Crippen LogP) is 2.79. The molecule has 0 bridgehead atoms. The molecule has 0 aromatic carbocycles. The Morgan fingerprint density at radius 3 is 2.58 bits per heavy atom. The van der Waals surface area contributed by atoms with Crippen molar-refractivity contribution in [3.63, 3.8) is 0 Å². The van der Waals surface area contributed by atoms with Gasteiger partial charge in [-0.1, -0.05) is 0 Å². The molecule has 0 N–H and O–H groups in total. The van der Waals surface area contributed by atoms with Crippen molar-refractivity contribution in [3.8, 4) is 0 Å². The normalized spacial score (nSPS) is 23.1. The molecule has 0 aromatic heterocycles. The molecule has 12 heavy (non-hydrogen) atoms. The molecule has 0 amide bonds. The first-order chi connectivity index (χ1) is 5.50. The van der Waals surface area contributed by atoms with E-state index >= 15 is 0 Å². The quantitative estimate of drug-likeness (QED) is 0.535. The Labute approximate surface area is 77.6 Å². The van der Waals surface area contributed by atoms with Crippen LogP contribution in [-0.2, 0) is 4.79 Å². The van der Waals surface area contributed by atoms with Crippen LogP contribution in [-0.4, -0.2) is 17.9 Å². The topological polar surface area (TPSA) is 17.1 Å². The summed E-state index contributed by atoms with van der Waals surface area (Å²) in [5, 5.41) is 0. The van der Waals surface area contributed by atoms with Gasteiger partial charge in [0.1, 0.15) is 0 Å². The summed E-state index contributed by atoms with van der Waals surface area (Å²) in [5.74, 6) is 7.12. The third-order valence-corrected chi connectivity index (χ3v) is 6.33. The second-order valence-electron chi connectivity index (χ2n) is 4.64. The van der Waals surface area contributed by atoms with Crippen molar-refractivity contribution in [1.82, 2.24) is 0 Å². The van der Waals surface area contributed by atoms with E-state index in [9.17, 15) is 4.79 Å². The van der Waals surface area contributed by atoms with Crippen molar-refractivity contribution in [2.45, 2.75) is 36.5 Å². The Bertz CT molecular complexity index is 200. The van der Waals surface area contributed by atoms with Crippen LogP contribution in [0.25, 0.3) is 0 Å². The molecule has 1 rings (SSSR count).